The van der Waals surface area contributed by atoms with Gasteiger partial charge in [-0.25, -0.2) is 9.59 Å². The van der Waals surface area contributed by atoms with Gasteiger partial charge in [-0.3, -0.25) is 0 Å². The van der Waals surface area contributed by atoms with Gasteiger partial charge in [0.05, 0.1) is 11.7 Å². The molecule has 0 spiro atoms. The highest BCUT2D eigenvalue weighted by Crippen LogP contribution is 2.38. The highest BCUT2D eigenvalue weighted by atomic mass is 16.5. The Labute approximate surface area is 159 Å². The van der Waals surface area contributed by atoms with Crippen LogP contribution in [-0.4, -0.2) is 35.3 Å². The zero-order chi connectivity index (χ0) is 18.8. The minimum Gasteiger partial charge on any atom is -0.490 e. The Morgan fingerprint density at radius 1 is 0.963 bits per heavy atom. The summed E-state index contributed by atoms with van der Waals surface area (Å²) in [6.45, 7) is 0. The van der Waals surface area contributed by atoms with Crippen LogP contribution in [0.5, 0.6) is 5.75 Å². The molecule has 3 N–H and O–H groups in total. The third-order valence-corrected chi connectivity index (χ3v) is 6.01. The van der Waals surface area contributed by atoms with Crippen molar-refractivity contribution in [3.8, 4) is 5.75 Å². The predicted octanol–water partition coefficient (Wildman–Crippen LogP) is 3.34. The Balaban J connectivity index is 1.19. The zero-order valence-electron chi connectivity index (χ0n) is 15.3. The number of ether oxygens (including phenoxy) is 1. The Bertz CT molecular complexity index is 722. The first-order valence-corrected chi connectivity index (χ1v) is 9.82. The van der Waals surface area contributed by atoms with E-state index in [4.69, 9.17) is 9.84 Å². The summed E-state index contributed by atoms with van der Waals surface area (Å²) in [5.41, 5.74) is 0.257. The van der Waals surface area contributed by atoms with E-state index in [2.05, 4.69) is 22.8 Å². The maximum atomic E-state index is 12.3. The molecule has 3 aliphatic carbocycles. The average Bonchev–Trinajstić information content (AvgIpc) is 3.27. The number of hydrogen-bond donors (Lipinski definition) is 3. The fourth-order valence-corrected chi connectivity index (χ4v) is 4.54. The molecule has 4 rings (SSSR count). The van der Waals surface area contributed by atoms with Gasteiger partial charge in [-0.05, 0) is 74.6 Å². The van der Waals surface area contributed by atoms with E-state index in [1.807, 2.05) is 0 Å². The van der Waals surface area contributed by atoms with Crippen molar-refractivity contribution in [3.05, 3.63) is 42.0 Å². The van der Waals surface area contributed by atoms with E-state index in [0.29, 0.717) is 17.6 Å². The Morgan fingerprint density at radius 2 is 1.70 bits per heavy atom. The van der Waals surface area contributed by atoms with Crippen LogP contribution in [0.1, 0.15) is 48.9 Å². The fraction of sp³-hybridized carbons (Fsp3) is 0.524. The number of hydrogen-bond acceptors (Lipinski definition) is 3. The standard InChI is InChI=1S/C21H26N2O4/c24-20(25)14-3-7-17(8-4-14)27-18-9-5-16(6-10-18)22-21(26)23-19-12-13-1-2-15(19)11-13/h1-4,7-8,13,15-16,18-19H,5-6,9-12H2,(H,24,25)(H2,22,23,26). The molecule has 3 unspecified atom stereocenters. The van der Waals surface area contributed by atoms with Crippen LogP contribution in [0.2, 0.25) is 0 Å². The summed E-state index contributed by atoms with van der Waals surface area (Å²) in [4.78, 5) is 23.2. The van der Waals surface area contributed by atoms with Gasteiger partial charge in [-0.2, -0.15) is 0 Å². The topological polar surface area (TPSA) is 87.7 Å². The summed E-state index contributed by atoms with van der Waals surface area (Å²) in [6, 6.07) is 6.94. The van der Waals surface area contributed by atoms with Crippen LogP contribution in [0.4, 0.5) is 4.79 Å². The van der Waals surface area contributed by atoms with Crippen molar-refractivity contribution in [3.63, 3.8) is 0 Å². The predicted molar refractivity (Wildman–Crippen MR) is 101 cm³/mol. The smallest absolute Gasteiger partial charge is 0.335 e. The van der Waals surface area contributed by atoms with Crippen molar-refractivity contribution in [2.75, 3.05) is 0 Å². The van der Waals surface area contributed by atoms with Crippen LogP contribution in [0.15, 0.2) is 36.4 Å². The summed E-state index contributed by atoms with van der Waals surface area (Å²) in [5, 5.41) is 15.2. The minimum atomic E-state index is -0.937. The number of carbonyl (C=O) groups is 2. The number of allylic oxidation sites excluding steroid dienone is 1. The van der Waals surface area contributed by atoms with Crippen LogP contribution in [0, 0.1) is 11.8 Å². The van der Waals surface area contributed by atoms with Crippen LogP contribution < -0.4 is 15.4 Å². The van der Waals surface area contributed by atoms with Gasteiger partial charge in [0, 0.05) is 12.1 Å². The van der Waals surface area contributed by atoms with Crippen molar-refractivity contribution in [2.45, 2.75) is 56.7 Å². The molecule has 6 heteroatoms. The molecule has 0 aliphatic heterocycles. The number of carboxylic acid groups (broad SMARTS) is 1. The summed E-state index contributed by atoms with van der Waals surface area (Å²) >= 11 is 0. The average molecular weight is 370 g/mol. The maximum absolute atomic E-state index is 12.3. The van der Waals surface area contributed by atoms with Crippen molar-refractivity contribution >= 4 is 12.0 Å². The summed E-state index contributed by atoms with van der Waals surface area (Å²) in [6.07, 6.45) is 10.4. The van der Waals surface area contributed by atoms with Gasteiger partial charge in [0.15, 0.2) is 0 Å². The largest absolute Gasteiger partial charge is 0.490 e. The number of amides is 2. The second-order valence-corrected chi connectivity index (χ2v) is 7.93. The maximum Gasteiger partial charge on any atom is 0.335 e. The first kappa shape index (κ1) is 17.9. The molecule has 1 aromatic rings. The molecule has 3 aliphatic rings. The number of rotatable bonds is 5. The van der Waals surface area contributed by atoms with Gasteiger partial charge in [-0.1, -0.05) is 12.2 Å². The molecular formula is C21H26N2O4. The van der Waals surface area contributed by atoms with Crippen LogP contribution >= 0.6 is 0 Å². The molecular weight excluding hydrogens is 344 g/mol. The monoisotopic (exact) mass is 370 g/mol. The number of urea groups is 1. The molecule has 2 bridgehead atoms. The van der Waals surface area contributed by atoms with Crippen molar-refractivity contribution in [1.82, 2.24) is 10.6 Å². The van der Waals surface area contributed by atoms with Crippen molar-refractivity contribution in [2.24, 2.45) is 11.8 Å². The molecule has 0 radical (unpaired) electrons. The minimum absolute atomic E-state index is 0.0467. The lowest BCUT2D eigenvalue weighted by molar-refractivity contribution is 0.0696. The van der Waals surface area contributed by atoms with E-state index in [9.17, 15) is 9.59 Å². The van der Waals surface area contributed by atoms with E-state index in [0.717, 1.165) is 32.1 Å². The molecule has 3 atom stereocenters. The first-order valence-electron chi connectivity index (χ1n) is 9.82. The quantitative estimate of drug-likeness (QED) is 0.694. The molecule has 144 valence electrons. The summed E-state index contributed by atoms with van der Waals surface area (Å²) in [5.74, 6) is 0.918. The van der Waals surface area contributed by atoms with E-state index in [1.54, 1.807) is 24.3 Å². The van der Waals surface area contributed by atoms with E-state index >= 15 is 0 Å². The second kappa shape index (κ2) is 7.62. The van der Waals surface area contributed by atoms with Crippen LogP contribution in [-0.2, 0) is 0 Å². The lowest BCUT2D eigenvalue weighted by Crippen LogP contribution is -2.48. The SMILES string of the molecule is O=C(NC1CCC(Oc2ccc(C(=O)O)cc2)CC1)NC1CC2C=CC1C2. The summed E-state index contributed by atoms with van der Waals surface area (Å²) < 4.78 is 5.96. The molecule has 2 fully saturated rings. The van der Waals surface area contributed by atoms with Crippen LogP contribution in [0.25, 0.3) is 0 Å². The number of benzene rings is 1. The third kappa shape index (κ3) is 4.26. The molecule has 0 aromatic heterocycles. The normalized spacial score (nSPS) is 31.5. The van der Waals surface area contributed by atoms with Gasteiger partial charge < -0.3 is 20.5 Å². The number of carboxylic acids is 1. The van der Waals surface area contributed by atoms with Gasteiger partial charge in [0.25, 0.3) is 0 Å². The van der Waals surface area contributed by atoms with Crippen LogP contribution in [0.3, 0.4) is 0 Å². The fourth-order valence-electron chi connectivity index (χ4n) is 4.54. The Morgan fingerprint density at radius 3 is 2.30 bits per heavy atom. The zero-order valence-corrected chi connectivity index (χ0v) is 15.3. The molecule has 27 heavy (non-hydrogen) atoms. The number of nitrogens with one attached hydrogen (secondary N) is 2. The molecule has 0 saturated heterocycles. The highest BCUT2D eigenvalue weighted by molar-refractivity contribution is 5.87. The number of fused-ring (bicyclic) bond motifs is 2. The second-order valence-electron chi connectivity index (χ2n) is 7.93. The first-order chi connectivity index (χ1) is 13.1. The molecule has 1 aromatic carbocycles. The van der Waals surface area contributed by atoms with E-state index in [-0.39, 0.29) is 29.8 Å². The van der Waals surface area contributed by atoms with Gasteiger partial charge in [-0.15, -0.1) is 0 Å². The molecule has 2 amide bonds. The molecule has 2 saturated carbocycles. The van der Waals surface area contributed by atoms with Crippen molar-refractivity contribution in [1.29, 1.82) is 0 Å². The number of aromatic carboxylic acids is 1. The summed E-state index contributed by atoms with van der Waals surface area (Å²) in [7, 11) is 0. The molecule has 6 nitrogen and oxygen atoms in total. The van der Waals surface area contributed by atoms with Gasteiger partial charge in [0.2, 0.25) is 0 Å². The van der Waals surface area contributed by atoms with Gasteiger partial charge in [0.1, 0.15) is 5.75 Å². The van der Waals surface area contributed by atoms with Crippen molar-refractivity contribution < 1.29 is 19.4 Å². The Kier molecular flexibility index (Phi) is 5.05. The Hall–Kier alpha value is -2.50. The van der Waals surface area contributed by atoms with E-state index < -0.39 is 5.97 Å². The molecule has 0 heterocycles. The van der Waals surface area contributed by atoms with E-state index in [1.165, 1.54) is 6.42 Å². The lowest BCUT2D eigenvalue weighted by atomic mass is 9.93. The third-order valence-electron chi connectivity index (χ3n) is 6.01. The lowest BCUT2D eigenvalue weighted by Gasteiger charge is -2.30. The highest BCUT2D eigenvalue weighted by Gasteiger charge is 2.36. The van der Waals surface area contributed by atoms with Gasteiger partial charge >= 0.3 is 12.0 Å². The number of carbonyl (C=O) groups excluding carboxylic acids is 1.